The fraction of sp³-hybridized carbons (Fsp3) is 0.133. The lowest BCUT2D eigenvalue weighted by molar-refractivity contribution is -0.399. The Balaban J connectivity index is 0.000000279. The van der Waals surface area contributed by atoms with Gasteiger partial charge in [-0.3, -0.25) is 29.6 Å². The number of hydrogen-bond acceptors (Lipinski definition) is 8. The first kappa shape index (κ1) is 34.3. The lowest BCUT2D eigenvalue weighted by Crippen LogP contribution is -2.36. The molecule has 2 atom stereocenters. The van der Waals surface area contributed by atoms with E-state index in [4.69, 9.17) is 16.2 Å². The van der Waals surface area contributed by atoms with Gasteiger partial charge in [0.1, 0.15) is 0 Å². The number of amides is 1. The molecular formula is C30H26ClN3O10S. The van der Waals surface area contributed by atoms with Gasteiger partial charge in [0.15, 0.2) is 0 Å². The third kappa shape index (κ3) is 8.26. The van der Waals surface area contributed by atoms with Gasteiger partial charge < -0.3 is 10.0 Å². The molecule has 0 aliphatic carbocycles. The van der Waals surface area contributed by atoms with E-state index in [1.807, 2.05) is 74.5 Å². The van der Waals surface area contributed by atoms with E-state index in [9.17, 15) is 43.3 Å². The van der Waals surface area contributed by atoms with Crippen LogP contribution in [0.15, 0.2) is 102 Å². The van der Waals surface area contributed by atoms with Crippen molar-refractivity contribution in [3.63, 3.8) is 0 Å². The number of halogens is 1. The van der Waals surface area contributed by atoms with Gasteiger partial charge in [-0.1, -0.05) is 84.4 Å². The van der Waals surface area contributed by atoms with Gasteiger partial charge in [0.2, 0.25) is 4.90 Å². The molecule has 0 bridgehead atoms. The number of rotatable bonds is 9. The standard InChI is InChI=1S/C24H23NO3.C6H3ClN2O7S/c1-17(19-11-5-3-6-12-19)25(18(2)20-13-7-4-8-14-20)23(26)21-15-9-10-16-22(21)24(27)28;7-3-1-4(8(10)11)6(17(14,15)16)5(2-3)9(12)13/h3-18H,1-2H3,(H,27,28);1-2H,(H,14,15,16)/t17-,18-;/m0./s1. The van der Waals surface area contributed by atoms with Gasteiger partial charge in [-0.25, -0.2) is 4.79 Å². The van der Waals surface area contributed by atoms with Crippen molar-refractivity contribution >= 4 is 45.0 Å². The highest BCUT2D eigenvalue weighted by molar-refractivity contribution is 7.86. The zero-order valence-corrected chi connectivity index (χ0v) is 25.3. The highest BCUT2D eigenvalue weighted by atomic mass is 35.5. The smallest absolute Gasteiger partial charge is 0.336 e. The molecule has 2 N–H and O–H groups in total. The fourth-order valence-corrected chi connectivity index (χ4v) is 5.57. The Morgan fingerprint density at radius 3 is 1.49 bits per heavy atom. The van der Waals surface area contributed by atoms with E-state index >= 15 is 0 Å². The zero-order chi connectivity index (χ0) is 33.5. The van der Waals surface area contributed by atoms with Gasteiger partial charge in [0.25, 0.3) is 17.3 Å². The maximum atomic E-state index is 13.6. The average molecular weight is 656 g/mol. The van der Waals surface area contributed by atoms with Crippen LogP contribution in [0, 0.1) is 20.2 Å². The third-order valence-corrected chi connectivity index (χ3v) is 7.84. The number of hydrogen-bond donors (Lipinski definition) is 2. The van der Waals surface area contributed by atoms with Crippen LogP contribution in [0.3, 0.4) is 0 Å². The van der Waals surface area contributed by atoms with E-state index in [0.717, 1.165) is 11.1 Å². The monoisotopic (exact) mass is 655 g/mol. The van der Waals surface area contributed by atoms with Crippen LogP contribution in [0.1, 0.15) is 57.8 Å². The summed E-state index contributed by atoms with van der Waals surface area (Å²) in [5, 5.41) is 30.2. The van der Waals surface area contributed by atoms with Crippen LogP contribution in [-0.4, -0.2) is 44.7 Å². The molecule has 0 aliphatic heterocycles. The van der Waals surface area contributed by atoms with Crippen LogP contribution < -0.4 is 0 Å². The number of nitro groups is 2. The number of carbonyl (C=O) groups excluding carboxylic acids is 1. The third-order valence-electron chi connectivity index (χ3n) is 6.69. The largest absolute Gasteiger partial charge is 0.478 e. The minimum atomic E-state index is -5.11. The van der Waals surface area contributed by atoms with E-state index in [0.29, 0.717) is 12.1 Å². The maximum Gasteiger partial charge on any atom is 0.336 e. The molecule has 0 aromatic heterocycles. The van der Waals surface area contributed by atoms with Crippen molar-refractivity contribution in [1.82, 2.24) is 4.90 Å². The summed E-state index contributed by atoms with van der Waals surface area (Å²) in [5.74, 6) is -1.41. The van der Waals surface area contributed by atoms with Crippen LogP contribution >= 0.6 is 11.6 Å². The highest BCUT2D eigenvalue weighted by Gasteiger charge is 2.35. The number of carboxylic acid groups (broad SMARTS) is 1. The zero-order valence-electron chi connectivity index (χ0n) is 23.7. The first-order chi connectivity index (χ1) is 21.1. The van der Waals surface area contributed by atoms with Crippen molar-refractivity contribution in [3.8, 4) is 0 Å². The quantitative estimate of drug-likeness (QED) is 0.110. The number of carbonyl (C=O) groups is 2. The summed E-state index contributed by atoms with van der Waals surface area (Å²) in [6.45, 7) is 3.94. The van der Waals surface area contributed by atoms with Crippen molar-refractivity contribution < 1.29 is 37.5 Å². The lowest BCUT2D eigenvalue weighted by atomic mass is 9.98. The number of nitro benzene ring substituents is 2. The van der Waals surface area contributed by atoms with E-state index in [-0.39, 0.29) is 29.1 Å². The van der Waals surface area contributed by atoms with Crippen LogP contribution in [0.4, 0.5) is 11.4 Å². The Morgan fingerprint density at radius 2 is 1.13 bits per heavy atom. The minimum Gasteiger partial charge on any atom is -0.478 e. The molecule has 45 heavy (non-hydrogen) atoms. The molecule has 4 aromatic carbocycles. The Morgan fingerprint density at radius 1 is 0.756 bits per heavy atom. The van der Waals surface area contributed by atoms with Gasteiger partial charge in [0, 0.05) is 12.1 Å². The first-order valence-corrected chi connectivity index (χ1v) is 14.8. The van der Waals surface area contributed by atoms with Crippen molar-refractivity contribution in [1.29, 1.82) is 0 Å². The topological polar surface area (TPSA) is 198 Å². The number of aromatic carboxylic acids is 1. The molecule has 13 nitrogen and oxygen atoms in total. The summed E-state index contributed by atoms with van der Waals surface area (Å²) >= 11 is 5.37. The molecule has 1 amide bonds. The highest BCUT2D eigenvalue weighted by Crippen LogP contribution is 2.36. The summed E-state index contributed by atoms with van der Waals surface area (Å²) in [6, 6.07) is 26.6. The Bertz CT molecular complexity index is 1760. The fourth-order valence-electron chi connectivity index (χ4n) is 4.57. The maximum absolute atomic E-state index is 13.6. The Kier molecular flexibility index (Phi) is 11.1. The van der Waals surface area contributed by atoms with Gasteiger partial charge in [-0.05, 0) is 37.1 Å². The van der Waals surface area contributed by atoms with Crippen LogP contribution in [0.25, 0.3) is 0 Å². The Hall–Kier alpha value is -5.18. The first-order valence-electron chi connectivity index (χ1n) is 13.0. The summed E-state index contributed by atoms with van der Waals surface area (Å²) < 4.78 is 30.6. The molecule has 0 radical (unpaired) electrons. The second-order valence-electron chi connectivity index (χ2n) is 9.50. The molecule has 0 saturated heterocycles. The predicted molar refractivity (Wildman–Crippen MR) is 164 cm³/mol. The molecule has 0 spiro atoms. The molecule has 0 heterocycles. The molecule has 0 unspecified atom stereocenters. The van der Waals surface area contributed by atoms with Gasteiger partial charge in [-0.15, -0.1) is 0 Å². The van der Waals surface area contributed by atoms with Gasteiger partial charge in [0.05, 0.1) is 38.1 Å². The summed E-state index contributed by atoms with van der Waals surface area (Å²) in [7, 11) is -5.11. The Labute approximate surface area is 262 Å². The summed E-state index contributed by atoms with van der Waals surface area (Å²) in [4.78, 5) is 44.3. The second kappa shape index (κ2) is 14.5. The van der Waals surface area contributed by atoms with Crippen LogP contribution in [-0.2, 0) is 10.1 Å². The van der Waals surface area contributed by atoms with Crippen LogP contribution in [0.5, 0.6) is 0 Å². The van der Waals surface area contributed by atoms with Crippen molar-refractivity contribution in [2.75, 3.05) is 0 Å². The van der Waals surface area contributed by atoms with E-state index in [2.05, 4.69) is 0 Å². The SMILES string of the molecule is C[C@@H](c1ccccc1)N(C(=O)c1ccccc1C(=O)O)[C@@H](C)c1ccccc1.O=[N+]([O-])c1cc(Cl)cc([N+](=O)[O-])c1S(=O)(=O)O. The molecule has 0 aliphatic rings. The minimum absolute atomic E-state index is 0.0121. The number of benzene rings is 4. The summed E-state index contributed by atoms with van der Waals surface area (Å²) in [6.07, 6.45) is 0. The van der Waals surface area contributed by atoms with Crippen LogP contribution in [0.2, 0.25) is 5.02 Å². The van der Waals surface area contributed by atoms with E-state index in [1.54, 1.807) is 23.1 Å². The van der Waals surface area contributed by atoms with Crippen molar-refractivity contribution in [2.24, 2.45) is 0 Å². The molecular weight excluding hydrogens is 630 g/mol. The molecule has 15 heteroatoms. The average Bonchev–Trinajstić information content (AvgIpc) is 3.01. The molecule has 0 fully saturated rings. The molecule has 4 rings (SSSR count). The van der Waals surface area contributed by atoms with E-state index in [1.165, 1.54) is 6.07 Å². The number of nitrogens with zero attached hydrogens (tertiary/aromatic N) is 3. The number of carboxylic acids is 1. The molecule has 4 aromatic rings. The van der Waals surface area contributed by atoms with Gasteiger partial charge >= 0.3 is 16.1 Å². The normalized spacial score (nSPS) is 12.2. The predicted octanol–water partition coefficient (Wildman–Crippen LogP) is 6.75. The van der Waals surface area contributed by atoms with Gasteiger partial charge in [-0.2, -0.15) is 8.42 Å². The van der Waals surface area contributed by atoms with Crippen molar-refractivity contribution in [2.45, 2.75) is 30.8 Å². The van der Waals surface area contributed by atoms with Crippen molar-refractivity contribution in [3.05, 3.63) is 145 Å². The molecule has 234 valence electrons. The van der Waals surface area contributed by atoms with E-state index < -0.39 is 47.2 Å². The summed E-state index contributed by atoms with van der Waals surface area (Å²) in [5.41, 5.74) is -0.130. The second-order valence-corrected chi connectivity index (χ2v) is 11.3. The molecule has 0 saturated carbocycles. The lowest BCUT2D eigenvalue weighted by Gasteiger charge is -2.36.